The highest BCUT2D eigenvalue weighted by Gasteiger charge is 2.42. The molecule has 9 nitrogen and oxygen atoms in total. The number of ether oxygens (including phenoxy) is 1. The number of nitrogens with one attached hydrogen (secondary N) is 1. The third kappa shape index (κ3) is 6.14. The Morgan fingerprint density at radius 3 is 2.56 bits per heavy atom. The zero-order valence-electron chi connectivity index (χ0n) is 24.6. The van der Waals surface area contributed by atoms with Crippen molar-refractivity contribution in [1.82, 2.24) is 10.2 Å². The number of methoxy groups -OCH3 is 1. The number of halogens is 1. The van der Waals surface area contributed by atoms with E-state index >= 15 is 0 Å². The molecule has 3 atom stereocenters. The van der Waals surface area contributed by atoms with Crippen molar-refractivity contribution in [2.24, 2.45) is 23.0 Å². The molecule has 0 heterocycles. The maximum Gasteiger partial charge on any atom is 0.248 e. The number of aromatic hydroxyl groups is 1. The summed E-state index contributed by atoms with van der Waals surface area (Å²) in [5.41, 5.74) is 7.66. The molecule has 1 fully saturated rings. The number of phenolic OH excluding ortho intramolecular Hbond substituents is 1. The number of carbonyl (C=O) groups is 2. The molecule has 0 bridgehead atoms. The van der Waals surface area contributed by atoms with Gasteiger partial charge in [0.1, 0.15) is 23.9 Å². The summed E-state index contributed by atoms with van der Waals surface area (Å²) >= 11 is 6.93. The first-order chi connectivity index (χ1) is 19.4. The number of nitrogens with zero attached hydrogens (tertiary/aromatic N) is 1. The smallest absolute Gasteiger partial charge is 0.248 e. The number of fused-ring (bicyclic) bond motifs is 1. The standard InChI is InChI=1S/C31H44ClN3O6/c1-5-31(9-6-10-31)16-34-14-19-13-22(36)25-21(26(19)32)12-18(24(29(25)39)23(37)15-41-4)11-17-7-8-20(30(33)40)28(38)27(17)35(2)3/h13,17-18,27,34,36-38H,5-12,14-16H2,1-4H3,(H2,33,40)/b24-23-/t17-,18+,27-/m0/s1. The van der Waals surface area contributed by atoms with Crippen LogP contribution in [0.15, 0.2) is 28.7 Å². The van der Waals surface area contributed by atoms with Crippen molar-refractivity contribution < 1.29 is 29.6 Å². The summed E-state index contributed by atoms with van der Waals surface area (Å²) in [5.74, 6) is -2.08. The van der Waals surface area contributed by atoms with Crippen LogP contribution in [0.5, 0.6) is 5.75 Å². The lowest BCUT2D eigenvalue weighted by molar-refractivity contribution is -0.115. The Hall–Kier alpha value is -2.59. The second-order valence-electron chi connectivity index (χ2n) is 12.2. The Kier molecular flexibility index (Phi) is 9.74. The number of rotatable bonds is 11. The van der Waals surface area contributed by atoms with Gasteiger partial charge in [0.05, 0.1) is 17.2 Å². The third-order valence-electron chi connectivity index (χ3n) is 9.56. The minimum atomic E-state index is -0.640. The van der Waals surface area contributed by atoms with E-state index in [2.05, 4.69) is 12.2 Å². The van der Waals surface area contributed by atoms with E-state index in [4.69, 9.17) is 22.1 Å². The lowest BCUT2D eigenvalue weighted by Gasteiger charge is -2.41. The summed E-state index contributed by atoms with van der Waals surface area (Å²) in [6.07, 6.45) is 6.43. The van der Waals surface area contributed by atoms with Crippen molar-refractivity contribution in [2.75, 3.05) is 34.4 Å². The van der Waals surface area contributed by atoms with E-state index in [9.17, 15) is 24.9 Å². The van der Waals surface area contributed by atoms with Crippen molar-refractivity contribution >= 4 is 23.3 Å². The zero-order chi connectivity index (χ0) is 30.1. The maximum atomic E-state index is 13.9. The number of nitrogens with two attached hydrogens (primary N) is 1. The van der Waals surface area contributed by atoms with Crippen LogP contribution in [-0.2, 0) is 22.5 Å². The number of aliphatic hydroxyl groups is 2. The van der Waals surface area contributed by atoms with Gasteiger partial charge in [-0.3, -0.25) is 14.5 Å². The summed E-state index contributed by atoms with van der Waals surface area (Å²) < 4.78 is 5.15. The first-order valence-corrected chi connectivity index (χ1v) is 14.9. The normalized spacial score (nSPS) is 25.2. The number of phenols is 1. The van der Waals surface area contributed by atoms with E-state index in [1.54, 1.807) is 6.07 Å². The number of primary amides is 1. The van der Waals surface area contributed by atoms with Crippen molar-refractivity contribution in [3.63, 3.8) is 0 Å². The molecule has 4 rings (SSSR count). The quantitative estimate of drug-likeness (QED) is 0.187. The van der Waals surface area contributed by atoms with Crippen LogP contribution in [0.3, 0.4) is 0 Å². The first kappa shape index (κ1) is 31.3. The highest BCUT2D eigenvalue weighted by Crippen LogP contribution is 2.46. The molecule has 3 aliphatic carbocycles. The topological polar surface area (TPSA) is 145 Å². The molecule has 1 aromatic carbocycles. The molecule has 0 aromatic heterocycles. The summed E-state index contributed by atoms with van der Waals surface area (Å²) in [6, 6.07) is 1.07. The highest BCUT2D eigenvalue weighted by molar-refractivity contribution is 6.33. The molecule has 0 unspecified atom stereocenters. The number of Topliss-reactive ketones (excluding diaryl/α,β-unsaturated/α-hetero) is 1. The summed E-state index contributed by atoms with van der Waals surface area (Å²) in [4.78, 5) is 27.7. The number of ketones is 1. The minimum Gasteiger partial charge on any atom is -0.510 e. The Morgan fingerprint density at radius 1 is 1.29 bits per heavy atom. The monoisotopic (exact) mass is 589 g/mol. The fourth-order valence-electron chi connectivity index (χ4n) is 7.12. The van der Waals surface area contributed by atoms with Gasteiger partial charge in [0.15, 0.2) is 5.78 Å². The predicted octanol–water partition coefficient (Wildman–Crippen LogP) is 4.56. The van der Waals surface area contributed by atoms with Crippen LogP contribution in [0.1, 0.15) is 73.4 Å². The van der Waals surface area contributed by atoms with Crippen LogP contribution >= 0.6 is 11.6 Å². The van der Waals surface area contributed by atoms with Gasteiger partial charge >= 0.3 is 0 Å². The van der Waals surface area contributed by atoms with Crippen molar-refractivity contribution in [1.29, 1.82) is 0 Å². The number of benzene rings is 1. The van der Waals surface area contributed by atoms with Crippen molar-refractivity contribution in [2.45, 2.75) is 70.9 Å². The molecule has 10 heteroatoms. The lowest BCUT2D eigenvalue weighted by atomic mass is 9.67. The van der Waals surface area contributed by atoms with E-state index in [1.807, 2.05) is 19.0 Å². The fraction of sp³-hybridized carbons (Fsp3) is 0.613. The van der Waals surface area contributed by atoms with Gasteiger partial charge in [0.25, 0.3) is 0 Å². The Balaban J connectivity index is 1.68. The van der Waals surface area contributed by atoms with E-state index in [1.165, 1.54) is 26.4 Å². The number of aliphatic hydroxyl groups excluding tert-OH is 2. The second kappa shape index (κ2) is 12.7. The van der Waals surface area contributed by atoms with Crippen LogP contribution in [0.4, 0.5) is 0 Å². The molecule has 1 aromatic rings. The Bertz CT molecular complexity index is 1250. The van der Waals surface area contributed by atoms with Crippen LogP contribution in [0.2, 0.25) is 5.02 Å². The number of hydrogen-bond acceptors (Lipinski definition) is 8. The largest absolute Gasteiger partial charge is 0.510 e. The van der Waals surface area contributed by atoms with E-state index in [-0.39, 0.29) is 46.5 Å². The number of likely N-dealkylation sites (N-methyl/N-ethyl adjacent to an activating group) is 1. The van der Waals surface area contributed by atoms with Gasteiger partial charge in [0, 0.05) is 30.8 Å². The first-order valence-electron chi connectivity index (χ1n) is 14.5. The molecular weight excluding hydrogens is 546 g/mol. The molecular formula is C31H44ClN3O6. The van der Waals surface area contributed by atoms with E-state index < -0.39 is 23.7 Å². The molecule has 0 spiro atoms. The average molecular weight is 590 g/mol. The van der Waals surface area contributed by atoms with Crippen LogP contribution in [-0.4, -0.2) is 72.3 Å². The second-order valence-corrected chi connectivity index (χ2v) is 12.6. The van der Waals surface area contributed by atoms with Gasteiger partial charge in [-0.25, -0.2) is 0 Å². The molecule has 3 aliphatic rings. The van der Waals surface area contributed by atoms with Gasteiger partial charge in [-0.05, 0) is 93.5 Å². The molecule has 6 N–H and O–H groups in total. The van der Waals surface area contributed by atoms with Gasteiger partial charge in [0.2, 0.25) is 5.91 Å². The van der Waals surface area contributed by atoms with Crippen LogP contribution < -0.4 is 11.1 Å². The number of allylic oxidation sites excluding steroid dienone is 1. The molecule has 0 aliphatic heterocycles. The van der Waals surface area contributed by atoms with Gasteiger partial charge in [-0.1, -0.05) is 24.9 Å². The van der Waals surface area contributed by atoms with Crippen LogP contribution in [0.25, 0.3) is 0 Å². The Morgan fingerprint density at radius 2 is 2.00 bits per heavy atom. The SMILES string of the molecule is CCC1(CNCc2cc(O)c3c(c2Cl)C[C@@H](C[C@@H]2CCC(C(N)=O)=C(O)[C@H]2N(C)C)/C(=C(/O)COC)C3=O)CCC1. The summed E-state index contributed by atoms with van der Waals surface area (Å²) in [7, 11) is 5.07. The van der Waals surface area contributed by atoms with E-state index in [0.717, 1.165) is 18.5 Å². The zero-order valence-corrected chi connectivity index (χ0v) is 25.3. The molecule has 0 radical (unpaired) electrons. The number of hydrogen-bond donors (Lipinski definition) is 5. The molecule has 226 valence electrons. The van der Waals surface area contributed by atoms with Gasteiger partial charge in [-0.15, -0.1) is 0 Å². The van der Waals surface area contributed by atoms with Crippen LogP contribution in [0, 0.1) is 17.3 Å². The van der Waals surface area contributed by atoms with E-state index in [0.29, 0.717) is 48.2 Å². The Labute approximate surface area is 247 Å². The third-order valence-corrected chi connectivity index (χ3v) is 10.0. The predicted molar refractivity (Wildman–Crippen MR) is 158 cm³/mol. The summed E-state index contributed by atoms with van der Waals surface area (Å²) in [5, 5.41) is 36.9. The molecule has 41 heavy (non-hydrogen) atoms. The highest BCUT2D eigenvalue weighted by atomic mass is 35.5. The van der Waals surface area contributed by atoms with Gasteiger partial charge in [-0.2, -0.15) is 0 Å². The summed E-state index contributed by atoms with van der Waals surface area (Å²) in [6.45, 7) is 3.40. The average Bonchev–Trinajstić information content (AvgIpc) is 2.88. The molecule has 0 saturated heterocycles. The maximum absolute atomic E-state index is 13.9. The molecule has 1 amide bonds. The lowest BCUT2D eigenvalue weighted by Crippen LogP contribution is -2.43. The van der Waals surface area contributed by atoms with Crippen molar-refractivity contribution in [3.8, 4) is 5.75 Å². The minimum absolute atomic E-state index is 0.0479. The fourth-order valence-corrected chi connectivity index (χ4v) is 7.42. The number of carbonyl (C=O) groups excluding carboxylic acids is 2. The van der Waals surface area contributed by atoms with Gasteiger partial charge < -0.3 is 31.1 Å². The number of amides is 1. The van der Waals surface area contributed by atoms with Crippen molar-refractivity contribution in [3.05, 3.63) is 50.4 Å². The molecule has 1 saturated carbocycles.